The number of nitrogens with one attached hydrogen (secondary N) is 2. The van der Waals surface area contributed by atoms with Gasteiger partial charge >= 0.3 is 11.8 Å². The topological polar surface area (TPSA) is 140 Å². The van der Waals surface area contributed by atoms with E-state index < -0.39 is 21.8 Å². The van der Waals surface area contributed by atoms with E-state index in [9.17, 15) is 18.0 Å². The van der Waals surface area contributed by atoms with Gasteiger partial charge in [-0.25, -0.2) is 13.8 Å². The molecule has 0 unspecified atom stereocenters. The van der Waals surface area contributed by atoms with Gasteiger partial charge in [-0.2, -0.15) is 9.41 Å². The Morgan fingerprint density at radius 3 is 2.13 bits per heavy atom. The molecule has 4 aromatic rings. The number of aryl methyl sites for hydroxylation is 2. The summed E-state index contributed by atoms with van der Waals surface area (Å²) in [5.41, 5.74) is 5.91. The van der Waals surface area contributed by atoms with E-state index in [-0.39, 0.29) is 30.3 Å². The summed E-state index contributed by atoms with van der Waals surface area (Å²) >= 11 is 0. The number of ether oxygens (including phenoxy) is 2. The Hall–Kier alpha value is -4.94. The molecule has 0 saturated carbocycles. The monoisotopic (exact) mass is 632 g/mol. The van der Waals surface area contributed by atoms with Crippen LogP contribution in [-0.4, -0.2) is 51.5 Å². The molecule has 0 aliphatic carbocycles. The normalized spacial score (nSPS) is 11.5. The third-order valence-electron chi connectivity index (χ3n) is 6.86. The number of methoxy groups -OCH3 is 2. The Kier molecular flexibility index (Phi) is 11.1. The van der Waals surface area contributed by atoms with Gasteiger partial charge in [0.05, 0.1) is 31.9 Å². The first-order valence-electron chi connectivity index (χ1n) is 14.1. The van der Waals surface area contributed by atoms with E-state index in [1.54, 1.807) is 55.6 Å². The Morgan fingerprint density at radius 1 is 0.822 bits per heavy atom. The van der Waals surface area contributed by atoms with Crippen LogP contribution in [0.15, 0.2) is 93.3 Å². The molecule has 3 aromatic carbocycles. The van der Waals surface area contributed by atoms with Crippen LogP contribution >= 0.6 is 0 Å². The average molecular weight is 633 g/mol. The largest absolute Gasteiger partial charge is 0.493 e. The molecule has 4 rings (SSSR count). The maximum Gasteiger partial charge on any atom is 0.329 e. The summed E-state index contributed by atoms with van der Waals surface area (Å²) in [6, 6.07) is 23.0. The first-order valence-corrected chi connectivity index (χ1v) is 15.6. The zero-order chi connectivity index (χ0) is 32.4. The number of furan rings is 1. The van der Waals surface area contributed by atoms with Crippen molar-refractivity contribution in [1.82, 2.24) is 15.0 Å². The SMILES string of the molecule is COc1ccc(CCNC(=O)C(=O)N/N=C/c2ccc(CN(Cc3ccc(C)cc3)S(=O)(=O)c3ccc(C)cc3)o2)cc1OC. The van der Waals surface area contributed by atoms with Crippen LogP contribution < -0.4 is 20.2 Å². The number of carbonyl (C=O) groups is 2. The molecule has 0 radical (unpaired) electrons. The van der Waals surface area contributed by atoms with Crippen LogP contribution in [0.3, 0.4) is 0 Å². The molecular formula is C33H36N4O7S. The van der Waals surface area contributed by atoms with Crippen molar-refractivity contribution < 1.29 is 31.9 Å². The molecule has 2 amide bonds. The van der Waals surface area contributed by atoms with Crippen LogP contribution in [0, 0.1) is 13.8 Å². The van der Waals surface area contributed by atoms with E-state index in [0.29, 0.717) is 23.7 Å². The molecule has 0 atom stereocenters. The van der Waals surface area contributed by atoms with Gasteiger partial charge in [0.2, 0.25) is 10.0 Å². The van der Waals surface area contributed by atoms with Crippen molar-refractivity contribution in [1.29, 1.82) is 0 Å². The number of nitrogens with zero attached hydrogens (tertiary/aromatic N) is 2. The summed E-state index contributed by atoms with van der Waals surface area (Å²) in [7, 11) is -0.774. The molecule has 0 aliphatic rings. The number of carbonyl (C=O) groups excluding carboxylic acids is 2. The first-order chi connectivity index (χ1) is 21.6. The molecule has 12 heteroatoms. The van der Waals surface area contributed by atoms with Gasteiger partial charge in [-0.15, -0.1) is 0 Å². The third kappa shape index (κ3) is 9.03. The summed E-state index contributed by atoms with van der Waals surface area (Å²) in [4.78, 5) is 24.6. The fourth-order valence-corrected chi connectivity index (χ4v) is 5.74. The minimum atomic E-state index is -3.86. The number of hydrazone groups is 1. The Labute approximate surface area is 262 Å². The second kappa shape index (κ2) is 15.2. The van der Waals surface area contributed by atoms with E-state index >= 15 is 0 Å². The highest BCUT2D eigenvalue weighted by atomic mass is 32.2. The van der Waals surface area contributed by atoms with Crippen molar-refractivity contribution >= 4 is 28.1 Å². The zero-order valence-electron chi connectivity index (χ0n) is 25.6. The second-order valence-electron chi connectivity index (χ2n) is 10.3. The Balaban J connectivity index is 1.34. The molecule has 236 valence electrons. The molecule has 0 saturated heterocycles. The molecule has 0 bridgehead atoms. The first kappa shape index (κ1) is 33.0. The number of amides is 2. The van der Waals surface area contributed by atoms with Crippen LogP contribution in [0.4, 0.5) is 0 Å². The number of hydrogen-bond donors (Lipinski definition) is 2. The number of hydrogen-bond acceptors (Lipinski definition) is 8. The van der Waals surface area contributed by atoms with Gasteiger partial charge in [-0.3, -0.25) is 9.59 Å². The highest BCUT2D eigenvalue weighted by molar-refractivity contribution is 7.89. The summed E-state index contributed by atoms with van der Waals surface area (Å²) in [5, 5.41) is 6.34. The summed E-state index contributed by atoms with van der Waals surface area (Å²) < 4.78 is 44.8. The standard InChI is InChI=1S/C33H36N4O7S/c1-23-5-9-26(10-6-23)21-37(45(40,41)29-14-7-24(2)8-15-29)22-28-13-12-27(44-28)20-35-36-33(39)32(38)34-18-17-25-11-16-30(42-3)31(19-25)43-4/h5-16,19-20H,17-18,21-22H2,1-4H3,(H,34,38)(H,36,39)/b35-20+. The molecule has 45 heavy (non-hydrogen) atoms. The predicted molar refractivity (Wildman–Crippen MR) is 169 cm³/mol. The van der Waals surface area contributed by atoms with Gasteiger partial charge in [-0.1, -0.05) is 53.6 Å². The fourth-order valence-electron chi connectivity index (χ4n) is 4.35. The molecule has 11 nitrogen and oxygen atoms in total. The average Bonchev–Trinajstić information content (AvgIpc) is 3.48. The Bertz CT molecular complexity index is 1750. The van der Waals surface area contributed by atoms with Crippen molar-refractivity contribution in [2.24, 2.45) is 5.10 Å². The molecular weight excluding hydrogens is 596 g/mol. The van der Waals surface area contributed by atoms with Gasteiger partial charge in [0, 0.05) is 13.1 Å². The van der Waals surface area contributed by atoms with Crippen LogP contribution in [0.2, 0.25) is 0 Å². The summed E-state index contributed by atoms with van der Waals surface area (Å²) in [6.45, 7) is 4.18. The van der Waals surface area contributed by atoms with Gasteiger partial charge in [0.25, 0.3) is 0 Å². The maximum absolute atomic E-state index is 13.6. The van der Waals surface area contributed by atoms with Gasteiger partial charge in [0.15, 0.2) is 11.5 Å². The highest BCUT2D eigenvalue weighted by Gasteiger charge is 2.26. The van der Waals surface area contributed by atoms with Crippen molar-refractivity contribution in [2.75, 3.05) is 20.8 Å². The predicted octanol–water partition coefficient (Wildman–Crippen LogP) is 4.11. The fraction of sp³-hybridized carbons (Fsp3) is 0.242. The van der Waals surface area contributed by atoms with E-state index in [2.05, 4.69) is 15.8 Å². The lowest BCUT2D eigenvalue weighted by atomic mass is 10.1. The smallest absolute Gasteiger partial charge is 0.329 e. The van der Waals surface area contributed by atoms with Crippen molar-refractivity contribution in [3.63, 3.8) is 0 Å². The van der Waals surface area contributed by atoms with Crippen LogP contribution in [0.5, 0.6) is 11.5 Å². The maximum atomic E-state index is 13.6. The minimum Gasteiger partial charge on any atom is -0.493 e. The number of rotatable bonds is 13. The zero-order valence-corrected chi connectivity index (χ0v) is 26.4. The van der Waals surface area contributed by atoms with Gasteiger partial charge in [0.1, 0.15) is 11.5 Å². The van der Waals surface area contributed by atoms with Crippen molar-refractivity contribution in [3.8, 4) is 11.5 Å². The van der Waals surface area contributed by atoms with Crippen LogP contribution in [0.1, 0.15) is 33.8 Å². The lowest BCUT2D eigenvalue weighted by Gasteiger charge is -2.21. The quantitative estimate of drug-likeness (QED) is 0.128. The molecule has 1 aromatic heterocycles. The summed E-state index contributed by atoms with van der Waals surface area (Å²) in [6.07, 6.45) is 1.70. The van der Waals surface area contributed by atoms with Crippen LogP contribution in [-0.2, 0) is 39.1 Å². The highest BCUT2D eigenvalue weighted by Crippen LogP contribution is 2.27. The molecule has 0 fully saturated rings. The number of benzene rings is 3. The van der Waals surface area contributed by atoms with Gasteiger partial charge < -0.3 is 19.2 Å². The lowest BCUT2D eigenvalue weighted by Crippen LogP contribution is -2.38. The number of sulfonamides is 1. The molecule has 0 aliphatic heterocycles. The lowest BCUT2D eigenvalue weighted by molar-refractivity contribution is -0.139. The van der Waals surface area contributed by atoms with E-state index in [4.69, 9.17) is 13.9 Å². The van der Waals surface area contributed by atoms with E-state index in [0.717, 1.165) is 22.3 Å². The van der Waals surface area contributed by atoms with Crippen LogP contribution in [0.25, 0.3) is 0 Å². The second-order valence-corrected chi connectivity index (χ2v) is 12.2. The van der Waals surface area contributed by atoms with Gasteiger partial charge in [-0.05, 0) is 67.8 Å². The Morgan fingerprint density at radius 2 is 1.47 bits per heavy atom. The molecule has 0 spiro atoms. The van der Waals surface area contributed by atoms with E-state index in [1.165, 1.54) is 17.6 Å². The van der Waals surface area contributed by atoms with Crippen molar-refractivity contribution in [2.45, 2.75) is 38.3 Å². The summed E-state index contributed by atoms with van der Waals surface area (Å²) in [5.74, 6) is 0.0136. The minimum absolute atomic E-state index is 0.0350. The third-order valence-corrected chi connectivity index (χ3v) is 8.67. The molecule has 2 N–H and O–H groups in total. The van der Waals surface area contributed by atoms with Crippen molar-refractivity contribution in [3.05, 3.63) is 113 Å². The molecule has 1 heterocycles. The van der Waals surface area contributed by atoms with E-state index in [1.807, 2.05) is 44.2 Å².